The Labute approximate surface area is 170 Å². The van der Waals surface area contributed by atoms with Crippen LogP contribution in [0.5, 0.6) is 0 Å². The number of quaternary nitrogens is 2. The Morgan fingerprint density at radius 2 is 1.04 bits per heavy atom. The summed E-state index contributed by atoms with van der Waals surface area (Å²) in [6.07, 6.45) is 9.89. The molecule has 2 aliphatic heterocycles. The Kier molecular flexibility index (Phi) is 10.9. The molecule has 0 aliphatic carbocycles. The van der Waals surface area contributed by atoms with Gasteiger partial charge in [-0.15, -0.1) is 0 Å². The van der Waals surface area contributed by atoms with E-state index in [1.165, 1.54) is 64.7 Å². The summed E-state index contributed by atoms with van der Waals surface area (Å²) >= 11 is 0. The van der Waals surface area contributed by atoms with E-state index in [0.29, 0.717) is 25.7 Å². The van der Waals surface area contributed by atoms with Crippen molar-refractivity contribution in [3.8, 4) is 0 Å². The first-order chi connectivity index (χ1) is 13.5. The zero-order valence-corrected chi connectivity index (χ0v) is 18.1. The molecule has 2 N–H and O–H groups in total. The Morgan fingerprint density at radius 3 is 1.39 bits per heavy atom. The molecule has 2 heterocycles. The van der Waals surface area contributed by atoms with Crippen LogP contribution in [0.1, 0.15) is 78.1 Å². The average Bonchev–Trinajstić information content (AvgIpc) is 2.66. The molecule has 162 valence electrons. The molecule has 2 fully saturated rings. The van der Waals surface area contributed by atoms with Crippen LogP contribution in [0.2, 0.25) is 0 Å². The number of carbonyl (C=O) groups excluding carboxylic acids is 2. The van der Waals surface area contributed by atoms with E-state index in [-0.39, 0.29) is 24.1 Å². The molecule has 0 spiro atoms. The lowest BCUT2D eigenvalue weighted by molar-refractivity contribution is -0.907. The molecule has 2 atom stereocenters. The predicted molar refractivity (Wildman–Crippen MR) is 108 cm³/mol. The van der Waals surface area contributed by atoms with Crippen molar-refractivity contribution in [1.82, 2.24) is 0 Å². The lowest BCUT2D eigenvalue weighted by Gasteiger charge is -2.26. The third kappa shape index (κ3) is 9.87. The zero-order chi connectivity index (χ0) is 20.2. The van der Waals surface area contributed by atoms with Crippen LogP contribution in [0.3, 0.4) is 0 Å². The summed E-state index contributed by atoms with van der Waals surface area (Å²) in [6.45, 7) is 10.6. The highest BCUT2D eigenvalue weighted by Gasteiger charge is 2.20. The van der Waals surface area contributed by atoms with Gasteiger partial charge < -0.3 is 19.3 Å². The van der Waals surface area contributed by atoms with E-state index >= 15 is 0 Å². The maximum Gasteiger partial charge on any atom is 0.306 e. The number of unbranched alkanes of at least 4 members (excludes halogenated alkanes) is 1. The van der Waals surface area contributed by atoms with Gasteiger partial charge in [-0.3, -0.25) is 9.59 Å². The highest BCUT2D eigenvalue weighted by Crippen LogP contribution is 2.06. The summed E-state index contributed by atoms with van der Waals surface area (Å²) < 4.78 is 11.1. The standard InChI is InChI=1S/C22H40N2O4/c1-19(17-23-13-7-3-8-14-23)27-21(25)11-5-6-12-22(26)28-20(2)18-24-15-9-4-10-16-24/h19-20H,3-18H2,1-2H3/p+2/t19-,20+. The third-order valence-electron chi connectivity index (χ3n) is 5.95. The zero-order valence-electron chi connectivity index (χ0n) is 18.1. The number of nitrogens with one attached hydrogen (secondary N) is 2. The minimum Gasteiger partial charge on any atom is -0.457 e. The van der Waals surface area contributed by atoms with Gasteiger partial charge in [0.05, 0.1) is 26.2 Å². The molecule has 6 nitrogen and oxygen atoms in total. The molecule has 28 heavy (non-hydrogen) atoms. The van der Waals surface area contributed by atoms with Crippen LogP contribution in [0.4, 0.5) is 0 Å². The van der Waals surface area contributed by atoms with Crippen LogP contribution in [0, 0.1) is 0 Å². The van der Waals surface area contributed by atoms with Crippen molar-refractivity contribution < 1.29 is 28.9 Å². The van der Waals surface area contributed by atoms with Crippen molar-refractivity contribution in [2.45, 2.75) is 90.3 Å². The average molecular weight is 399 g/mol. The fourth-order valence-corrected chi connectivity index (χ4v) is 4.51. The van der Waals surface area contributed by atoms with E-state index < -0.39 is 0 Å². The SMILES string of the molecule is C[C@H](C[NH+]1CCCCC1)OC(=O)CCCCC(=O)O[C@@H](C)C[NH+]1CCCCC1. The van der Waals surface area contributed by atoms with E-state index in [2.05, 4.69) is 0 Å². The number of hydrogen-bond donors (Lipinski definition) is 2. The van der Waals surface area contributed by atoms with Crippen molar-refractivity contribution in [3.63, 3.8) is 0 Å². The molecule has 2 saturated heterocycles. The normalized spacial score (nSPS) is 21.1. The van der Waals surface area contributed by atoms with Crippen LogP contribution in [-0.2, 0) is 19.1 Å². The van der Waals surface area contributed by atoms with E-state index in [9.17, 15) is 9.59 Å². The molecular weight excluding hydrogens is 356 g/mol. The first-order valence-electron chi connectivity index (χ1n) is 11.6. The molecule has 2 rings (SSSR count). The second-order valence-electron chi connectivity index (χ2n) is 8.84. The fourth-order valence-electron chi connectivity index (χ4n) is 4.51. The molecular formula is C22H42N2O4+2. The summed E-state index contributed by atoms with van der Waals surface area (Å²) in [5.74, 6) is -0.279. The van der Waals surface area contributed by atoms with Crippen LogP contribution in [0.15, 0.2) is 0 Å². The minimum absolute atomic E-state index is 0.0243. The molecule has 0 aromatic carbocycles. The van der Waals surface area contributed by atoms with Crippen molar-refractivity contribution in [2.75, 3.05) is 39.3 Å². The van der Waals surface area contributed by atoms with Crippen LogP contribution >= 0.6 is 0 Å². The minimum atomic E-state index is -0.139. The van der Waals surface area contributed by atoms with Gasteiger partial charge in [0.2, 0.25) is 0 Å². The highest BCUT2D eigenvalue weighted by molar-refractivity contribution is 5.70. The molecule has 0 unspecified atom stereocenters. The van der Waals surface area contributed by atoms with E-state index in [4.69, 9.17) is 9.47 Å². The molecule has 0 bridgehead atoms. The lowest BCUT2D eigenvalue weighted by Crippen LogP contribution is -3.13. The summed E-state index contributed by atoms with van der Waals surface area (Å²) in [6, 6.07) is 0. The van der Waals surface area contributed by atoms with Gasteiger partial charge in [0.25, 0.3) is 0 Å². The molecule has 0 saturated carbocycles. The van der Waals surface area contributed by atoms with Gasteiger partial charge in [-0.25, -0.2) is 0 Å². The summed E-state index contributed by atoms with van der Waals surface area (Å²) in [5.41, 5.74) is 0. The van der Waals surface area contributed by atoms with Crippen molar-refractivity contribution in [2.24, 2.45) is 0 Å². The Bertz CT molecular complexity index is 417. The molecule has 0 radical (unpaired) electrons. The predicted octanol–water partition coefficient (Wildman–Crippen LogP) is 0.548. The first-order valence-corrected chi connectivity index (χ1v) is 11.6. The lowest BCUT2D eigenvalue weighted by atomic mass is 10.1. The maximum absolute atomic E-state index is 12.0. The van der Waals surface area contributed by atoms with Gasteiger partial charge in [-0.05, 0) is 65.2 Å². The van der Waals surface area contributed by atoms with Crippen molar-refractivity contribution >= 4 is 11.9 Å². The van der Waals surface area contributed by atoms with E-state index in [1.807, 2.05) is 13.8 Å². The summed E-state index contributed by atoms with van der Waals surface area (Å²) in [7, 11) is 0. The number of ether oxygens (including phenoxy) is 2. The number of hydrogen-bond acceptors (Lipinski definition) is 4. The monoisotopic (exact) mass is 398 g/mol. The number of likely N-dealkylation sites (tertiary alicyclic amines) is 2. The van der Waals surface area contributed by atoms with Crippen LogP contribution in [0.25, 0.3) is 0 Å². The molecule has 6 heteroatoms. The Morgan fingerprint density at radius 1 is 0.679 bits per heavy atom. The van der Waals surface area contributed by atoms with E-state index in [1.54, 1.807) is 9.80 Å². The highest BCUT2D eigenvalue weighted by atomic mass is 16.5. The molecule has 0 amide bonds. The van der Waals surface area contributed by atoms with Gasteiger partial charge in [-0.2, -0.15) is 0 Å². The van der Waals surface area contributed by atoms with Crippen LogP contribution in [-0.4, -0.2) is 63.4 Å². The van der Waals surface area contributed by atoms with Gasteiger partial charge in [0.1, 0.15) is 25.3 Å². The quantitative estimate of drug-likeness (QED) is 0.394. The van der Waals surface area contributed by atoms with E-state index in [0.717, 1.165) is 13.1 Å². The number of rotatable bonds is 11. The number of piperidine rings is 2. The number of carbonyl (C=O) groups is 2. The maximum atomic E-state index is 12.0. The summed E-state index contributed by atoms with van der Waals surface area (Å²) in [4.78, 5) is 27.1. The van der Waals surface area contributed by atoms with Gasteiger partial charge in [0.15, 0.2) is 0 Å². The second kappa shape index (κ2) is 13.2. The Balaban J connectivity index is 1.48. The molecule has 0 aromatic heterocycles. The topological polar surface area (TPSA) is 61.5 Å². The fraction of sp³-hybridized carbons (Fsp3) is 0.909. The third-order valence-corrected chi connectivity index (χ3v) is 5.95. The van der Waals surface area contributed by atoms with Crippen LogP contribution < -0.4 is 9.80 Å². The van der Waals surface area contributed by atoms with Crippen molar-refractivity contribution in [1.29, 1.82) is 0 Å². The van der Waals surface area contributed by atoms with Gasteiger partial charge >= 0.3 is 11.9 Å². The number of esters is 2. The molecule has 0 aromatic rings. The van der Waals surface area contributed by atoms with Crippen molar-refractivity contribution in [3.05, 3.63) is 0 Å². The largest absolute Gasteiger partial charge is 0.457 e. The Hall–Kier alpha value is -1.14. The second-order valence-corrected chi connectivity index (χ2v) is 8.84. The van der Waals surface area contributed by atoms with Gasteiger partial charge in [0, 0.05) is 12.8 Å². The van der Waals surface area contributed by atoms with Gasteiger partial charge in [-0.1, -0.05) is 0 Å². The summed E-state index contributed by atoms with van der Waals surface area (Å²) in [5, 5.41) is 0. The smallest absolute Gasteiger partial charge is 0.306 e. The first kappa shape index (κ1) is 23.1. The molecule has 2 aliphatic rings.